The summed E-state index contributed by atoms with van der Waals surface area (Å²) in [4.78, 5) is 113. The first-order chi connectivity index (χ1) is 28.6. The number of cyclic esters (lactones) is 1. The van der Waals surface area contributed by atoms with E-state index >= 15 is 0 Å². The lowest BCUT2D eigenvalue weighted by Crippen LogP contribution is -2.89. The molecule has 1 spiro atoms. The fraction of sp³-hybridized carbons (Fsp3) is 0.585. The van der Waals surface area contributed by atoms with Crippen LogP contribution in [0.25, 0.3) is 0 Å². The van der Waals surface area contributed by atoms with E-state index in [1.165, 1.54) is 38.2 Å². The quantitative estimate of drug-likeness (QED) is 0.293. The Morgan fingerprint density at radius 3 is 2.05 bits per heavy atom. The summed E-state index contributed by atoms with van der Waals surface area (Å²) in [6.45, 7) is 7.05. The summed E-state index contributed by atoms with van der Waals surface area (Å²) in [6, 6.07) is 4.17. The number of nitrogens with zero attached hydrogens (tertiary/aromatic N) is 1. The van der Waals surface area contributed by atoms with Gasteiger partial charge in [0.2, 0.25) is 0 Å². The second-order valence-electron chi connectivity index (χ2n) is 16.1. The van der Waals surface area contributed by atoms with Gasteiger partial charge in [0.1, 0.15) is 48.3 Å². The number of carbonyl (C=O) groups is 8. The van der Waals surface area contributed by atoms with Gasteiger partial charge in [-0.15, -0.1) is 0 Å². The Morgan fingerprint density at radius 1 is 0.836 bits per heavy atom. The van der Waals surface area contributed by atoms with Crippen molar-refractivity contribution in [1.82, 2.24) is 4.98 Å². The van der Waals surface area contributed by atoms with Crippen LogP contribution in [-0.2, 0) is 77.8 Å². The van der Waals surface area contributed by atoms with E-state index in [1.807, 2.05) is 0 Å². The molecule has 2 saturated carbocycles. The van der Waals surface area contributed by atoms with Crippen LogP contribution in [0, 0.1) is 17.3 Å². The first-order valence-electron chi connectivity index (χ1n) is 19.4. The van der Waals surface area contributed by atoms with Gasteiger partial charge in [0, 0.05) is 40.8 Å². The Morgan fingerprint density at radius 2 is 1.46 bits per heavy atom. The second-order valence-corrected chi connectivity index (χ2v) is 16.1. The van der Waals surface area contributed by atoms with Crippen molar-refractivity contribution in [3.8, 4) is 0 Å². The van der Waals surface area contributed by atoms with Crippen LogP contribution in [0.5, 0.6) is 0 Å². The van der Waals surface area contributed by atoms with Crippen LogP contribution >= 0.6 is 0 Å². The summed E-state index contributed by atoms with van der Waals surface area (Å²) in [6.07, 6.45) is -8.59. The minimum Gasteiger partial charge on any atom is -0.472 e. The molecule has 4 bridgehead atoms. The summed E-state index contributed by atoms with van der Waals surface area (Å²) >= 11 is 0. The molecule has 4 heterocycles. The van der Waals surface area contributed by atoms with Crippen molar-refractivity contribution in [2.75, 3.05) is 13.2 Å². The summed E-state index contributed by atoms with van der Waals surface area (Å²) in [5.74, 6) is -10.8. The molecule has 3 fully saturated rings. The van der Waals surface area contributed by atoms with E-state index in [2.05, 4.69) is 4.98 Å². The van der Waals surface area contributed by atoms with Crippen LogP contribution in [-0.4, -0.2) is 124 Å². The van der Waals surface area contributed by atoms with Crippen LogP contribution in [0.3, 0.4) is 0 Å². The standard InChI is InChI=1S/C41H47NO19/c1-19-11-12-27-26(10-9-14-42-27)37(50)54-17-38(7)28-29(55-21(3)44)33(57-23(5)46)40(18-53-20(2)43)34(58-24(6)47)30(59-36(49)25-13-15-52-16-25)32(60-35(19)48)39(8,51)41(40,61-38)31(28)56-22(4)45/h9-10,13-16,19,28-34,51H,11-12,17-18H2,1-8H3/t19?,28?,29?,30?,31?,32?,33?,34?,38-,39-,40+,41-/m0/s1. The van der Waals surface area contributed by atoms with Crippen LogP contribution in [0.2, 0.25) is 0 Å². The van der Waals surface area contributed by atoms with Gasteiger partial charge in [-0.3, -0.25) is 33.8 Å². The zero-order valence-corrected chi connectivity index (χ0v) is 34.7. The molecule has 0 aromatic carbocycles. The maximum Gasteiger partial charge on any atom is 0.341 e. The molecule has 2 aliphatic carbocycles. The van der Waals surface area contributed by atoms with E-state index in [1.54, 1.807) is 0 Å². The average Bonchev–Trinajstić information content (AvgIpc) is 3.79. The largest absolute Gasteiger partial charge is 0.472 e. The highest BCUT2D eigenvalue weighted by atomic mass is 16.7. The predicted octanol–water partition coefficient (Wildman–Crippen LogP) is 1.75. The van der Waals surface area contributed by atoms with Crippen molar-refractivity contribution in [3.05, 3.63) is 53.7 Å². The van der Waals surface area contributed by atoms with Crippen molar-refractivity contribution in [2.24, 2.45) is 17.3 Å². The van der Waals surface area contributed by atoms with Crippen molar-refractivity contribution < 1.29 is 90.5 Å². The number of furan rings is 1. The Bertz CT molecular complexity index is 2100. The van der Waals surface area contributed by atoms with Crippen LogP contribution in [0.15, 0.2) is 41.3 Å². The summed E-state index contributed by atoms with van der Waals surface area (Å²) in [5, 5.41) is 13.6. The number of aliphatic hydroxyl groups is 1. The third kappa shape index (κ3) is 7.59. The van der Waals surface area contributed by atoms with Crippen LogP contribution in [0.4, 0.5) is 0 Å². The molecule has 20 heteroatoms. The number of hydrogen-bond acceptors (Lipinski definition) is 20. The number of aryl methyl sites for hydroxylation is 1. The smallest absolute Gasteiger partial charge is 0.341 e. The van der Waals surface area contributed by atoms with Gasteiger partial charge in [-0.25, -0.2) is 9.59 Å². The van der Waals surface area contributed by atoms with Gasteiger partial charge in [-0.2, -0.15) is 0 Å². The molecule has 330 valence electrons. The molecule has 8 unspecified atom stereocenters. The molecule has 12 atom stereocenters. The fourth-order valence-corrected chi connectivity index (χ4v) is 9.54. The van der Waals surface area contributed by atoms with E-state index in [-0.39, 0.29) is 29.7 Å². The molecule has 61 heavy (non-hydrogen) atoms. The Hall–Kier alpha value is -5.89. The topological polar surface area (TPSA) is 266 Å². The van der Waals surface area contributed by atoms with Crippen molar-refractivity contribution in [1.29, 1.82) is 0 Å². The minimum atomic E-state index is -2.87. The molecule has 6 rings (SSSR count). The molecule has 2 aromatic heterocycles. The minimum absolute atomic E-state index is 0.0163. The number of fused-ring (bicyclic) bond motifs is 5. The molecule has 4 aliphatic rings. The number of esters is 8. The molecule has 1 saturated heterocycles. The second kappa shape index (κ2) is 16.5. The third-order valence-corrected chi connectivity index (χ3v) is 11.8. The maximum atomic E-state index is 14.3. The lowest BCUT2D eigenvalue weighted by Gasteiger charge is -2.67. The van der Waals surface area contributed by atoms with Gasteiger partial charge in [0.25, 0.3) is 0 Å². The highest BCUT2D eigenvalue weighted by molar-refractivity contribution is 5.91. The number of rotatable bonds is 8. The highest BCUT2D eigenvalue weighted by Gasteiger charge is 2.92. The molecule has 1 N–H and O–H groups in total. The molecule has 2 aliphatic heterocycles. The van der Waals surface area contributed by atoms with E-state index < -0.39 is 132 Å². The molecule has 20 nitrogen and oxygen atoms in total. The first-order valence-corrected chi connectivity index (χ1v) is 19.4. The van der Waals surface area contributed by atoms with Gasteiger partial charge in [0.05, 0.1) is 34.9 Å². The number of aromatic nitrogens is 1. The molecular formula is C41H47NO19. The monoisotopic (exact) mass is 857 g/mol. The van der Waals surface area contributed by atoms with E-state index in [0.29, 0.717) is 0 Å². The first kappa shape index (κ1) is 44.7. The zero-order valence-electron chi connectivity index (χ0n) is 34.7. The Kier molecular flexibility index (Phi) is 12.1. The molecule has 0 radical (unpaired) electrons. The van der Waals surface area contributed by atoms with Gasteiger partial charge in [-0.05, 0) is 44.9 Å². The third-order valence-electron chi connectivity index (χ3n) is 11.8. The number of pyridine rings is 1. The number of ether oxygens (including phenoxy) is 9. The van der Waals surface area contributed by atoms with Gasteiger partial charge in [0.15, 0.2) is 30.0 Å². The van der Waals surface area contributed by atoms with E-state index in [4.69, 9.17) is 47.0 Å². The summed E-state index contributed by atoms with van der Waals surface area (Å²) in [5.41, 5.74) is -10.3. The molecule has 2 aromatic rings. The summed E-state index contributed by atoms with van der Waals surface area (Å²) in [7, 11) is 0. The fourth-order valence-electron chi connectivity index (χ4n) is 9.54. The van der Waals surface area contributed by atoms with Gasteiger partial charge < -0.3 is 52.2 Å². The predicted molar refractivity (Wildman–Crippen MR) is 197 cm³/mol. The highest BCUT2D eigenvalue weighted by Crippen LogP contribution is 2.70. The molecule has 0 amide bonds. The number of carbonyl (C=O) groups excluding carboxylic acids is 8. The Labute approximate surface area is 348 Å². The van der Waals surface area contributed by atoms with Gasteiger partial charge in [-0.1, -0.05) is 6.92 Å². The van der Waals surface area contributed by atoms with E-state index in [0.717, 1.165) is 54.1 Å². The normalized spacial score (nSPS) is 35.4. The van der Waals surface area contributed by atoms with E-state index in [9.17, 15) is 43.5 Å². The van der Waals surface area contributed by atoms with Crippen molar-refractivity contribution in [2.45, 2.75) is 122 Å². The van der Waals surface area contributed by atoms with Crippen LogP contribution in [0.1, 0.15) is 88.2 Å². The zero-order chi connectivity index (χ0) is 44.8. The maximum absolute atomic E-state index is 14.3. The summed E-state index contributed by atoms with van der Waals surface area (Å²) < 4.78 is 60.1. The SMILES string of the molecule is CC(=O)OC[C@@]12C(OC(C)=O)C(OC(=O)c3ccoc3)C3OC(=O)C(C)CCc4ncccc4C(=O)OC[C@]4(C)O[C@@]1(C(OC(C)=O)C4C(OC(C)=O)C2OC(C)=O)[C@@]3(C)O. The van der Waals surface area contributed by atoms with Crippen LogP contribution < -0.4 is 0 Å². The van der Waals surface area contributed by atoms with Gasteiger partial charge >= 0.3 is 47.8 Å². The average molecular weight is 858 g/mol. The number of hydrogen-bond donors (Lipinski definition) is 1. The van der Waals surface area contributed by atoms with Crippen molar-refractivity contribution >= 4 is 47.8 Å². The lowest BCUT2D eigenvalue weighted by atomic mass is 9.45. The molecular weight excluding hydrogens is 810 g/mol. The lowest BCUT2D eigenvalue weighted by molar-refractivity contribution is -0.386. The van der Waals surface area contributed by atoms with Crippen molar-refractivity contribution in [3.63, 3.8) is 0 Å². The Balaban J connectivity index is 1.77.